The fraction of sp³-hybridized carbons (Fsp3) is 0.389. The summed E-state index contributed by atoms with van der Waals surface area (Å²) in [6.07, 6.45) is 0.494. The van der Waals surface area contributed by atoms with E-state index < -0.39 is 0 Å². The number of nitrogens with zero attached hydrogens (tertiary/aromatic N) is 4. The molecular formula is C18H24IN5OS. The number of carbonyl (C=O) groups excluding carboxylic acids is 1. The molecule has 1 aromatic heterocycles. The summed E-state index contributed by atoms with van der Waals surface area (Å²) < 4.78 is 0. The first kappa shape index (κ1) is 20.6. The number of benzene rings is 1. The third-order valence-corrected chi connectivity index (χ3v) is 5.01. The molecule has 3 rings (SSSR count). The van der Waals surface area contributed by atoms with Crippen LogP contribution in [-0.2, 0) is 17.8 Å². The van der Waals surface area contributed by atoms with E-state index in [1.165, 1.54) is 0 Å². The molecule has 1 N–H and O–H groups in total. The maximum atomic E-state index is 12.2. The van der Waals surface area contributed by atoms with Crippen LogP contribution in [0.2, 0.25) is 0 Å². The summed E-state index contributed by atoms with van der Waals surface area (Å²) >= 11 is 1.65. The molecule has 1 amide bonds. The smallest absolute Gasteiger partial charge is 0.231 e. The molecule has 8 heteroatoms. The van der Waals surface area contributed by atoms with Gasteiger partial charge in [0.15, 0.2) is 5.96 Å². The van der Waals surface area contributed by atoms with Gasteiger partial charge in [0.2, 0.25) is 5.91 Å². The molecule has 1 aromatic carbocycles. The van der Waals surface area contributed by atoms with Gasteiger partial charge < -0.3 is 15.1 Å². The lowest BCUT2D eigenvalue weighted by atomic mass is 10.2. The zero-order valence-electron chi connectivity index (χ0n) is 15.2. The van der Waals surface area contributed by atoms with Crippen molar-refractivity contribution in [2.75, 3.05) is 32.1 Å². The minimum absolute atomic E-state index is 0. The summed E-state index contributed by atoms with van der Waals surface area (Å²) in [7, 11) is 3.75. The van der Waals surface area contributed by atoms with Gasteiger partial charge in [0, 0.05) is 38.3 Å². The number of carbonyl (C=O) groups is 1. The molecule has 0 saturated heterocycles. The van der Waals surface area contributed by atoms with Gasteiger partial charge in [0.1, 0.15) is 0 Å². The maximum absolute atomic E-state index is 12.2. The van der Waals surface area contributed by atoms with E-state index in [0.29, 0.717) is 26.1 Å². The molecule has 0 spiro atoms. The predicted molar refractivity (Wildman–Crippen MR) is 118 cm³/mol. The zero-order chi connectivity index (χ0) is 17.8. The number of para-hydroxylation sites is 1. The van der Waals surface area contributed by atoms with Gasteiger partial charge in [-0.25, -0.2) is 4.98 Å². The number of anilines is 1. The van der Waals surface area contributed by atoms with E-state index in [2.05, 4.69) is 20.7 Å². The van der Waals surface area contributed by atoms with Crippen LogP contribution in [0.4, 0.5) is 5.69 Å². The van der Waals surface area contributed by atoms with Crippen molar-refractivity contribution in [2.24, 2.45) is 4.99 Å². The van der Waals surface area contributed by atoms with Crippen LogP contribution in [0.5, 0.6) is 0 Å². The molecule has 0 atom stereocenters. The van der Waals surface area contributed by atoms with Crippen LogP contribution in [0, 0.1) is 6.92 Å². The quantitative estimate of drug-likeness (QED) is 0.402. The monoisotopic (exact) mass is 485 g/mol. The number of halogens is 1. The van der Waals surface area contributed by atoms with E-state index in [0.717, 1.165) is 27.9 Å². The Bertz CT molecular complexity index is 791. The number of amides is 1. The molecule has 0 aliphatic carbocycles. The van der Waals surface area contributed by atoms with Crippen molar-refractivity contribution in [2.45, 2.75) is 19.9 Å². The normalized spacial score (nSPS) is 13.4. The summed E-state index contributed by atoms with van der Waals surface area (Å²) in [4.78, 5) is 24.9. The number of fused-ring (bicyclic) bond motifs is 1. The van der Waals surface area contributed by atoms with Crippen LogP contribution in [0.1, 0.15) is 16.3 Å². The topological polar surface area (TPSA) is 60.8 Å². The number of thiazole rings is 1. The number of aliphatic imine (C=N–C) groups is 1. The second-order valence-corrected chi connectivity index (χ2v) is 7.10. The number of hydrogen-bond acceptors (Lipinski definition) is 4. The fourth-order valence-electron chi connectivity index (χ4n) is 3.02. The van der Waals surface area contributed by atoms with E-state index >= 15 is 0 Å². The maximum Gasteiger partial charge on any atom is 0.231 e. The van der Waals surface area contributed by atoms with Gasteiger partial charge in [-0.2, -0.15) is 0 Å². The van der Waals surface area contributed by atoms with Crippen molar-refractivity contribution in [3.05, 3.63) is 45.9 Å². The van der Waals surface area contributed by atoms with Crippen LogP contribution in [-0.4, -0.2) is 48.9 Å². The average Bonchev–Trinajstić information content (AvgIpc) is 3.14. The van der Waals surface area contributed by atoms with Crippen molar-refractivity contribution in [1.82, 2.24) is 15.2 Å². The third-order valence-electron chi connectivity index (χ3n) is 4.18. The Morgan fingerprint density at radius 3 is 2.88 bits per heavy atom. The van der Waals surface area contributed by atoms with Gasteiger partial charge in [-0.05, 0) is 18.6 Å². The zero-order valence-corrected chi connectivity index (χ0v) is 18.4. The lowest BCUT2D eigenvalue weighted by Gasteiger charge is -2.23. The van der Waals surface area contributed by atoms with Gasteiger partial charge >= 0.3 is 0 Å². The molecule has 0 bridgehead atoms. The SMILES string of the molecule is CN=C(NCCN1C(=O)Cc2ccccc21)N(C)Cc1csc(C)n1.I. The van der Waals surface area contributed by atoms with E-state index in [-0.39, 0.29) is 29.9 Å². The Kier molecular flexibility index (Phi) is 7.39. The lowest BCUT2D eigenvalue weighted by Crippen LogP contribution is -2.43. The Labute approximate surface area is 175 Å². The number of guanidine groups is 1. The first-order valence-electron chi connectivity index (χ1n) is 8.29. The van der Waals surface area contributed by atoms with Crippen LogP contribution in [0.3, 0.4) is 0 Å². The molecule has 1 aliphatic rings. The number of hydrogen-bond donors (Lipinski definition) is 1. The molecule has 140 valence electrons. The van der Waals surface area contributed by atoms with Crippen LogP contribution < -0.4 is 10.2 Å². The highest BCUT2D eigenvalue weighted by Crippen LogP contribution is 2.27. The molecule has 2 heterocycles. The Balaban J connectivity index is 0.00000243. The molecule has 6 nitrogen and oxygen atoms in total. The first-order chi connectivity index (χ1) is 12.1. The summed E-state index contributed by atoms with van der Waals surface area (Å²) in [5, 5.41) is 6.47. The number of rotatable bonds is 5. The van der Waals surface area contributed by atoms with Crippen LogP contribution in [0.25, 0.3) is 0 Å². The molecule has 0 saturated carbocycles. The molecule has 0 unspecified atom stereocenters. The fourth-order valence-corrected chi connectivity index (χ4v) is 3.63. The molecule has 1 aliphatic heterocycles. The van der Waals surface area contributed by atoms with Gasteiger partial charge in [-0.3, -0.25) is 9.79 Å². The summed E-state index contributed by atoms with van der Waals surface area (Å²) in [6.45, 7) is 3.98. The summed E-state index contributed by atoms with van der Waals surface area (Å²) in [5.41, 5.74) is 3.17. The van der Waals surface area contributed by atoms with Crippen molar-refractivity contribution < 1.29 is 4.79 Å². The van der Waals surface area contributed by atoms with Crippen molar-refractivity contribution in [1.29, 1.82) is 0 Å². The number of nitrogens with one attached hydrogen (secondary N) is 1. The lowest BCUT2D eigenvalue weighted by molar-refractivity contribution is -0.117. The molecule has 26 heavy (non-hydrogen) atoms. The van der Waals surface area contributed by atoms with Crippen LogP contribution >= 0.6 is 35.3 Å². The van der Waals surface area contributed by atoms with Crippen LogP contribution in [0.15, 0.2) is 34.6 Å². The first-order valence-corrected chi connectivity index (χ1v) is 9.17. The Hall–Kier alpha value is -1.68. The van der Waals surface area contributed by atoms with Gasteiger partial charge in [0.25, 0.3) is 0 Å². The molecule has 2 aromatic rings. The standard InChI is InChI=1S/C18H23N5OS.HI/c1-13-21-15(12-25-13)11-22(3)18(19-2)20-8-9-23-16-7-5-4-6-14(16)10-17(23)24;/h4-7,12H,8-11H2,1-3H3,(H,19,20);1H. The summed E-state index contributed by atoms with van der Waals surface area (Å²) in [5.74, 6) is 0.954. The molecule has 0 radical (unpaired) electrons. The molecular weight excluding hydrogens is 461 g/mol. The van der Waals surface area contributed by atoms with Gasteiger partial charge in [0.05, 0.1) is 23.7 Å². The minimum atomic E-state index is 0. The largest absolute Gasteiger partial charge is 0.354 e. The van der Waals surface area contributed by atoms with E-state index in [9.17, 15) is 4.79 Å². The predicted octanol–water partition coefficient (Wildman–Crippen LogP) is 2.67. The van der Waals surface area contributed by atoms with E-state index in [1.807, 2.05) is 48.0 Å². The Morgan fingerprint density at radius 1 is 1.42 bits per heavy atom. The van der Waals surface area contributed by atoms with Crippen molar-refractivity contribution in [3.63, 3.8) is 0 Å². The van der Waals surface area contributed by atoms with E-state index in [1.54, 1.807) is 18.4 Å². The highest BCUT2D eigenvalue weighted by Gasteiger charge is 2.26. The van der Waals surface area contributed by atoms with Gasteiger partial charge in [-0.15, -0.1) is 35.3 Å². The highest BCUT2D eigenvalue weighted by molar-refractivity contribution is 14.0. The highest BCUT2D eigenvalue weighted by atomic mass is 127. The number of aryl methyl sites for hydroxylation is 1. The Morgan fingerprint density at radius 2 is 2.19 bits per heavy atom. The summed E-state index contributed by atoms with van der Waals surface area (Å²) in [6, 6.07) is 7.97. The second kappa shape index (κ2) is 9.31. The minimum Gasteiger partial charge on any atom is -0.354 e. The third kappa shape index (κ3) is 4.73. The van der Waals surface area contributed by atoms with E-state index in [4.69, 9.17) is 0 Å². The second-order valence-electron chi connectivity index (χ2n) is 6.04. The van der Waals surface area contributed by atoms with Crippen molar-refractivity contribution >= 4 is 52.9 Å². The number of aromatic nitrogens is 1. The van der Waals surface area contributed by atoms with Gasteiger partial charge in [-0.1, -0.05) is 18.2 Å². The van der Waals surface area contributed by atoms with Crippen molar-refractivity contribution in [3.8, 4) is 0 Å². The average molecular weight is 485 g/mol. The molecule has 0 fully saturated rings.